The average molecular weight is 472 g/mol. The van der Waals surface area contributed by atoms with Crippen LogP contribution in [-0.2, 0) is 10.0 Å². The van der Waals surface area contributed by atoms with Gasteiger partial charge in [0.05, 0.1) is 16.5 Å². The topological polar surface area (TPSA) is 116 Å². The normalized spacial score (nSPS) is 15.2. The van der Waals surface area contributed by atoms with E-state index in [2.05, 4.69) is 15.5 Å². The number of hydrogen-bond acceptors (Lipinski definition) is 7. The molecule has 1 amide bonds. The van der Waals surface area contributed by atoms with E-state index in [9.17, 15) is 17.6 Å². The van der Waals surface area contributed by atoms with Gasteiger partial charge >= 0.3 is 0 Å². The summed E-state index contributed by atoms with van der Waals surface area (Å²) in [6.07, 6.45) is 1.08. The van der Waals surface area contributed by atoms with E-state index in [1.165, 1.54) is 34.6 Å². The number of rotatable bonds is 5. The molecule has 1 saturated heterocycles. The van der Waals surface area contributed by atoms with Crippen LogP contribution >= 0.6 is 11.3 Å². The van der Waals surface area contributed by atoms with Gasteiger partial charge in [-0.3, -0.25) is 4.79 Å². The Hall–Kier alpha value is -3.20. The van der Waals surface area contributed by atoms with Gasteiger partial charge in [0.25, 0.3) is 5.91 Å². The number of nitrogens with one attached hydrogen (secondary N) is 1. The van der Waals surface area contributed by atoms with E-state index in [-0.39, 0.29) is 15.8 Å². The number of aromatic nitrogens is 2. The van der Waals surface area contributed by atoms with E-state index in [1.807, 2.05) is 6.07 Å². The molecule has 0 aliphatic carbocycles. The van der Waals surface area contributed by atoms with Crippen LogP contribution in [0.25, 0.3) is 0 Å². The van der Waals surface area contributed by atoms with Crippen LogP contribution in [0.4, 0.5) is 10.1 Å². The second-order valence-electron chi connectivity index (χ2n) is 7.23. The molecule has 1 aliphatic rings. The van der Waals surface area contributed by atoms with E-state index in [1.54, 1.807) is 18.2 Å². The van der Waals surface area contributed by atoms with Crippen LogP contribution in [-0.4, -0.2) is 41.9 Å². The van der Waals surface area contributed by atoms with Crippen molar-refractivity contribution in [3.63, 3.8) is 0 Å². The number of carbonyl (C=O) groups is 1. The van der Waals surface area contributed by atoms with Gasteiger partial charge in [0.1, 0.15) is 10.8 Å². The predicted octanol–water partition coefficient (Wildman–Crippen LogP) is 3.37. The zero-order valence-electron chi connectivity index (χ0n) is 16.7. The molecule has 1 fully saturated rings. The standard InChI is InChI=1S/C21H18FN5O3S2/c22-16-4-2-5-17(12-16)24-19(28)21-26-25-20(31-21)15-7-9-27(10-8-15)32(29,30)18-6-1-3-14(11-18)13-23/h1-6,11-12,15H,7-10H2,(H,24,28). The molecule has 0 saturated carbocycles. The van der Waals surface area contributed by atoms with Crippen molar-refractivity contribution in [2.24, 2.45) is 0 Å². The largest absolute Gasteiger partial charge is 0.320 e. The van der Waals surface area contributed by atoms with Crippen molar-refractivity contribution in [3.8, 4) is 6.07 Å². The molecule has 0 spiro atoms. The van der Waals surface area contributed by atoms with Gasteiger partial charge in [-0.15, -0.1) is 10.2 Å². The minimum Gasteiger partial charge on any atom is -0.320 e. The third kappa shape index (κ3) is 4.67. The summed E-state index contributed by atoms with van der Waals surface area (Å²) in [5.41, 5.74) is 0.615. The summed E-state index contributed by atoms with van der Waals surface area (Å²) in [7, 11) is -3.69. The summed E-state index contributed by atoms with van der Waals surface area (Å²) in [4.78, 5) is 12.5. The number of hydrogen-bond donors (Lipinski definition) is 1. The van der Waals surface area contributed by atoms with E-state index in [0.717, 1.165) is 11.3 Å². The number of piperidine rings is 1. The number of sulfonamides is 1. The van der Waals surface area contributed by atoms with E-state index in [4.69, 9.17) is 5.26 Å². The maximum Gasteiger partial charge on any atom is 0.286 e. The van der Waals surface area contributed by atoms with E-state index < -0.39 is 21.7 Å². The molecule has 1 aromatic heterocycles. The molecule has 4 rings (SSSR count). The smallest absolute Gasteiger partial charge is 0.286 e. The van der Waals surface area contributed by atoms with Crippen molar-refractivity contribution in [2.75, 3.05) is 18.4 Å². The lowest BCUT2D eigenvalue weighted by atomic mass is 9.99. The van der Waals surface area contributed by atoms with Crippen molar-refractivity contribution in [1.29, 1.82) is 5.26 Å². The van der Waals surface area contributed by atoms with Crippen LogP contribution in [0, 0.1) is 17.1 Å². The maximum absolute atomic E-state index is 13.3. The fraction of sp³-hybridized carbons (Fsp3) is 0.238. The van der Waals surface area contributed by atoms with Gasteiger partial charge in [-0.25, -0.2) is 12.8 Å². The molecule has 1 N–H and O–H groups in total. The van der Waals surface area contributed by atoms with Crippen molar-refractivity contribution in [2.45, 2.75) is 23.7 Å². The highest BCUT2D eigenvalue weighted by Crippen LogP contribution is 2.32. The van der Waals surface area contributed by atoms with Crippen molar-refractivity contribution >= 4 is 33.0 Å². The first-order chi connectivity index (χ1) is 15.4. The molecular weight excluding hydrogens is 453 g/mol. The quantitative estimate of drug-likeness (QED) is 0.610. The lowest BCUT2D eigenvalue weighted by Gasteiger charge is -2.30. The molecule has 3 aromatic rings. The lowest BCUT2D eigenvalue weighted by Crippen LogP contribution is -2.37. The summed E-state index contributed by atoms with van der Waals surface area (Å²) in [5.74, 6) is -0.946. The highest BCUT2D eigenvalue weighted by molar-refractivity contribution is 7.89. The number of nitriles is 1. The summed E-state index contributed by atoms with van der Waals surface area (Å²) in [5, 5.41) is 20.5. The van der Waals surface area contributed by atoms with Crippen molar-refractivity contribution < 1.29 is 17.6 Å². The summed E-state index contributed by atoms with van der Waals surface area (Å²) in [6, 6.07) is 13.5. The molecule has 164 valence electrons. The molecule has 1 aliphatic heterocycles. The van der Waals surface area contributed by atoms with E-state index in [0.29, 0.717) is 42.2 Å². The van der Waals surface area contributed by atoms with Gasteiger partial charge in [0, 0.05) is 24.7 Å². The molecule has 0 unspecified atom stereocenters. The number of amides is 1. The van der Waals surface area contributed by atoms with Gasteiger partial charge in [0.2, 0.25) is 15.0 Å². The average Bonchev–Trinajstić information content (AvgIpc) is 3.30. The first kappa shape index (κ1) is 22.0. The van der Waals surface area contributed by atoms with Gasteiger partial charge in [0.15, 0.2) is 0 Å². The number of benzene rings is 2. The summed E-state index contributed by atoms with van der Waals surface area (Å²) in [6.45, 7) is 0.600. The Bertz CT molecular complexity index is 1290. The van der Waals surface area contributed by atoms with Gasteiger partial charge in [-0.05, 0) is 49.2 Å². The highest BCUT2D eigenvalue weighted by Gasteiger charge is 2.31. The zero-order valence-corrected chi connectivity index (χ0v) is 18.4. The highest BCUT2D eigenvalue weighted by atomic mass is 32.2. The van der Waals surface area contributed by atoms with Crippen LogP contribution < -0.4 is 5.32 Å². The Morgan fingerprint density at radius 3 is 2.62 bits per heavy atom. The predicted molar refractivity (Wildman–Crippen MR) is 116 cm³/mol. The Labute approximate surface area is 188 Å². The van der Waals surface area contributed by atoms with Crippen LogP contribution in [0.5, 0.6) is 0 Å². The molecule has 8 nitrogen and oxygen atoms in total. The Morgan fingerprint density at radius 2 is 1.91 bits per heavy atom. The second-order valence-corrected chi connectivity index (χ2v) is 10.2. The Kier molecular flexibility index (Phi) is 6.27. The fourth-order valence-electron chi connectivity index (χ4n) is 3.46. The van der Waals surface area contributed by atoms with Crippen LogP contribution in [0.2, 0.25) is 0 Å². The third-order valence-corrected chi connectivity index (χ3v) is 8.10. The number of carbonyl (C=O) groups excluding carboxylic acids is 1. The first-order valence-electron chi connectivity index (χ1n) is 9.77. The number of nitrogens with zero attached hydrogens (tertiary/aromatic N) is 4. The Morgan fingerprint density at radius 1 is 1.16 bits per heavy atom. The fourth-order valence-corrected chi connectivity index (χ4v) is 5.88. The minimum atomic E-state index is -3.69. The second kappa shape index (κ2) is 9.12. The van der Waals surface area contributed by atoms with Crippen LogP contribution in [0.1, 0.15) is 39.1 Å². The molecule has 0 radical (unpaired) electrons. The maximum atomic E-state index is 13.3. The molecule has 2 aromatic carbocycles. The molecular formula is C21H18FN5O3S2. The molecule has 32 heavy (non-hydrogen) atoms. The summed E-state index contributed by atoms with van der Waals surface area (Å²) < 4.78 is 40.5. The minimum absolute atomic E-state index is 0.0138. The van der Waals surface area contributed by atoms with Crippen LogP contribution in [0.3, 0.4) is 0 Å². The summed E-state index contributed by atoms with van der Waals surface area (Å²) >= 11 is 1.15. The Balaban J connectivity index is 1.40. The first-order valence-corrected chi connectivity index (χ1v) is 12.0. The van der Waals surface area contributed by atoms with Gasteiger partial charge in [-0.2, -0.15) is 9.57 Å². The van der Waals surface area contributed by atoms with E-state index >= 15 is 0 Å². The van der Waals surface area contributed by atoms with Crippen LogP contribution in [0.15, 0.2) is 53.4 Å². The SMILES string of the molecule is N#Cc1cccc(S(=O)(=O)N2CCC(c3nnc(C(=O)Nc4cccc(F)c4)s3)CC2)c1. The van der Waals surface area contributed by atoms with Gasteiger partial charge < -0.3 is 5.32 Å². The number of halogens is 1. The molecule has 11 heteroatoms. The zero-order chi connectivity index (χ0) is 22.7. The molecule has 0 atom stereocenters. The third-order valence-electron chi connectivity index (χ3n) is 5.12. The molecule has 0 bridgehead atoms. The molecule has 2 heterocycles. The van der Waals surface area contributed by atoms with Crippen molar-refractivity contribution in [1.82, 2.24) is 14.5 Å². The van der Waals surface area contributed by atoms with Crippen molar-refractivity contribution in [3.05, 3.63) is 69.9 Å². The number of anilines is 1. The van der Waals surface area contributed by atoms with Gasteiger partial charge in [-0.1, -0.05) is 23.5 Å². The monoisotopic (exact) mass is 471 g/mol. The lowest BCUT2D eigenvalue weighted by molar-refractivity contribution is 0.102.